The molecular weight excluding hydrogens is 253 g/mol. The van der Waals surface area contributed by atoms with Gasteiger partial charge in [-0.3, -0.25) is 0 Å². The Morgan fingerprint density at radius 1 is 1.16 bits per heavy atom. The first-order valence-electron chi connectivity index (χ1n) is 6.55. The minimum absolute atomic E-state index is 0.0231. The van der Waals surface area contributed by atoms with E-state index in [1.165, 1.54) is 0 Å². The van der Waals surface area contributed by atoms with Gasteiger partial charge in [0.05, 0.1) is 5.92 Å². The van der Waals surface area contributed by atoms with Crippen molar-refractivity contribution in [3.8, 4) is 0 Å². The number of alkyl halides is 3. The number of nitrogens with zero attached hydrogens (tertiary/aromatic N) is 1. The number of rotatable bonds is 2. The topological polar surface area (TPSA) is 29.3 Å². The number of anilines is 1. The van der Waals surface area contributed by atoms with Crippen LogP contribution in [0, 0.1) is 5.92 Å². The van der Waals surface area contributed by atoms with Crippen molar-refractivity contribution in [2.75, 3.05) is 18.0 Å². The second kappa shape index (κ2) is 5.41. The summed E-state index contributed by atoms with van der Waals surface area (Å²) in [4.78, 5) is 2.01. The van der Waals surface area contributed by atoms with Crippen LogP contribution in [0.3, 0.4) is 0 Å². The van der Waals surface area contributed by atoms with Crippen LogP contribution in [0.25, 0.3) is 0 Å². The van der Waals surface area contributed by atoms with Gasteiger partial charge in [-0.25, -0.2) is 0 Å². The third-order valence-corrected chi connectivity index (χ3v) is 3.74. The zero-order chi connectivity index (χ0) is 14.0. The lowest BCUT2D eigenvalue weighted by molar-refractivity contribution is -0.179. The number of halogens is 3. The molecule has 0 bridgehead atoms. The van der Waals surface area contributed by atoms with Crippen LogP contribution >= 0.6 is 0 Å². The highest BCUT2D eigenvalue weighted by Crippen LogP contribution is 2.35. The van der Waals surface area contributed by atoms with E-state index >= 15 is 0 Å². The van der Waals surface area contributed by atoms with Gasteiger partial charge in [0.25, 0.3) is 0 Å². The number of piperidine rings is 1. The Hall–Kier alpha value is -1.23. The molecule has 0 radical (unpaired) electrons. The van der Waals surface area contributed by atoms with Gasteiger partial charge in [-0.2, -0.15) is 13.2 Å². The first-order chi connectivity index (χ1) is 8.88. The van der Waals surface area contributed by atoms with Crippen molar-refractivity contribution in [3.05, 3.63) is 29.8 Å². The molecule has 1 aromatic carbocycles. The summed E-state index contributed by atoms with van der Waals surface area (Å²) in [5.41, 5.74) is 7.78. The van der Waals surface area contributed by atoms with Gasteiger partial charge in [-0.1, -0.05) is 12.1 Å². The predicted molar refractivity (Wildman–Crippen MR) is 70.0 cm³/mol. The summed E-state index contributed by atoms with van der Waals surface area (Å²) in [5, 5.41) is 0. The Morgan fingerprint density at radius 3 is 2.11 bits per heavy atom. The summed E-state index contributed by atoms with van der Waals surface area (Å²) < 4.78 is 37.7. The Morgan fingerprint density at radius 2 is 1.68 bits per heavy atom. The van der Waals surface area contributed by atoms with Crippen LogP contribution in [-0.4, -0.2) is 19.3 Å². The molecule has 2 nitrogen and oxygen atoms in total. The average molecular weight is 272 g/mol. The monoisotopic (exact) mass is 272 g/mol. The summed E-state index contributed by atoms with van der Waals surface area (Å²) >= 11 is 0. The largest absolute Gasteiger partial charge is 0.391 e. The molecule has 106 valence electrons. The first kappa shape index (κ1) is 14.2. The van der Waals surface area contributed by atoms with E-state index in [2.05, 4.69) is 0 Å². The van der Waals surface area contributed by atoms with Crippen molar-refractivity contribution < 1.29 is 13.2 Å². The third kappa shape index (κ3) is 3.41. The van der Waals surface area contributed by atoms with Crippen molar-refractivity contribution in [1.82, 2.24) is 0 Å². The highest BCUT2D eigenvalue weighted by atomic mass is 19.4. The summed E-state index contributed by atoms with van der Waals surface area (Å²) in [6.07, 6.45) is -3.69. The molecule has 1 aliphatic rings. The summed E-state index contributed by atoms with van der Waals surface area (Å²) in [7, 11) is 0. The molecule has 1 fully saturated rings. The van der Waals surface area contributed by atoms with Gasteiger partial charge in [0.15, 0.2) is 0 Å². The molecule has 0 amide bonds. The lowest BCUT2D eigenvalue weighted by Gasteiger charge is -2.34. The maximum atomic E-state index is 12.6. The van der Waals surface area contributed by atoms with E-state index in [9.17, 15) is 13.2 Å². The summed E-state index contributed by atoms with van der Waals surface area (Å²) in [6, 6.07) is 7.73. The second-order valence-electron chi connectivity index (χ2n) is 5.18. The molecule has 5 heteroatoms. The lowest BCUT2D eigenvalue weighted by atomic mass is 9.96. The van der Waals surface area contributed by atoms with Crippen LogP contribution in [0.1, 0.15) is 31.4 Å². The number of benzene rings is 1. The zero-order valence-electron chi connectivity index (χ0n) is 11.0. The fourth-order valence-electron chi connectivity index (χ4n) is 2.45. The van der Waals surface area contributed by atoms with Crippen molar-refractivity contribution in [2.24, 2.45) is 11.7 Å². The lowest BCUT2D eigenvalue weighted by Crippen LogP contribution is -2.39. The van der Waals surface area contributed by atoms with E-state index in [1.807, 2.05) is 36.1 Å². The normalized spacial score (nSPS) is 19.5. The molecule has 1 atom stereocenters. The van der Waals surface area contributed by atoms with Gasteiger partial charge in [0.2, 0.25) is 0 Å². The van der Waals surface area contributed by atoms with Crippen molar-refractivity contribution in [3.63, 3.8) is 0 Å². The summed E-state index contributed by atoms with van der Waals surface area (Å²) in [5.74, 6) is -1.15. The molecule has 0 spiro atoms. The van der Waals surface area contributed by atoms with Crippen LogP contribution in [0.2, 0.25) is 0 Å². The Labute approximate surface area is 111 Å². The van der Waals surface area contributed by atoms with E-state index in [0.717, 1.165) is 11.3 Å². The minimum atomic E-state index is -4.05. The van der Waals surface area contributed by atoms with Gasteiger partial charge in [0, 0.05) is 24.8 Å². The van der Waals surface area contributed by atoms with Crippen LogP contribution in [0.4, 0.5) is 18.9 Å². The molecular formula is C14H19F3N2. The van der Waals surface area contributed by atoms with Crippen molar-refractivity contribution >= 4 is 5.69 Å². The second-order valence-corrected chi connectivity index (χ2v) is 5.18. The van der Waals surface area contributed by atoms with E-state index in [-0.39, 0.29) is 18.9 Å². The molecule has 1 heterocycles. The van der Waals surface area contributed by atoms with Gasteiger partial charge >= 0.3 is 6.18 Å². The number of hydrogen-bond donors (Lipinski definition) is 1. The Balaban J connectivity index is 1.98. The van der Waals surface area contributed by atoms with E-state index in [0.29, 0.717) is 13.1 Å². The van der Waals surface area contributed by atoms with Gasteiger partial charge in [-0.15, -0.1) is 0 Å². The standard InChI is InChI=1S/C14H19F3N2/c1-10(18)11-2-4-13(5-3-11)19-8-6-12(7-9-19)14(15,16)17/h2-5,10,12H,6-9,18H2,1H3/t10-/m0/s1. The van der Waals surface area contributed by atoms with Gasteiger partial charge < -0.3 is 10.6 Å². The van der Waals surface area contributed by atoms with Crippen LogP contribution in [0.15, 0.2) is 24.3 Å². The quantitative estimate of drug-likeness (QED) is 0.893. The molecule has 1 aliphatic heterocycles. The number of nitrogens with two attached hydrogens (primary N) is 1. The molecule has 0 saturated carbocycles. The maximum absolute atomic E-state index is 12.6. The van der Waals surface area contributed by atoms with Crippen molar-refractivity contribution in [2.45, 2.75) is 32.0 Å². The minimum Gasteiger partial charge on any atom is -0.372 e. The zero-order valence-corrected chi connectivity index (χ0v) is 11.0. The molecule has 19 heavy (non-hydrogen) atoms. The first-order valence-corrected chi connectivity index (χ1v) is 6.55. The molecule has 0 aliphatic carbocycles. The Bertz CT molecular complexity index is 404. The van der Waals surface area contributed by atoms with Crippen LogP contribution in [0.5, 0.6) is 0 Å². The molecule has 1 saturated heterocycles. The van der Waals surface area contributed by atoms with E-state index in [1.54, 1.807) is 0 Å². The van der Waals surface area contributed by atoms with Crippen LogP contribution < -0.4 is 10.6 Å². The highest BCUT2D eigenvalue weighted by molar-refractivity contribution is 5.48. The summed E-state index contributed by atoms with van der Waals surface area (Å²) in [6.45, 7) is 2.83. The predicted octanol–water partition coefficient (Wildman–Crippen LogP) is 3.49. The molecule has 0 aromatic heterocycles. The molecule has 1 aromatic rings. The van der Waals surface area contributed by atoms with Gasteiger partial charge in [0.1, 0.15) is 0 Å². The molecule has 2 rings (SSSR count). The SMILES string of the molecule is C[C@H](N)c1ccc(N2CCC(C(F)(F)F)CC2)cc1. The molecule has 2 N–H and O–H groups in total. The number of hydrogen-bond acceptors (Lipinski definition) is 2. The average Bonchev–Trinajstić information content (AvgIpc) is 2.38. The van der Waals surface area contributed by atoms with E-state index < -0.39 is 12.1 Å². The highest BCUT2D eigenvalue weighted by Gasteiger charge is 2.41. The van der Waals surface area contributed by atoms with Crippen LogP contribution in [-0.2, 0) is 0 Å². The smallest absolute Gasteiger partial charge is 0.372 e. The Kier molecular flexibility index (Phi) is 4.04. The maximum Gasteiger partial charge on any atom is 0.391 e. The van der Waals surface area contributed by atoms with Crippen molar-refractivity contribution in [1.29, 1.82) is 0 Å². The fourth-order valence-corrected chi connectivity index (χ4v) is 2.45. The van der Waals surface area contributed by atoms with E-state index in [4.69, 9.17) is 5.73 Å². The molecule has 0 unspecified atom stereocenters. The fraction of sp³-hybridized carbons (Fsp3) is 0.571. The third-order valence-electron chi connectivity index (χ3n) is 3.74. The van der Waals surface area contributed by atoms with Gasteiger partial charge in [-0.05, 0) is 37.5 Å².